The van der Waals surface area contributed by atoms with Crippen molar-refractivity contribution in [1.29, 1.82) is 0 Å². The third-order valence-corrected chi connectivity index (χ3v) is 4.23. The Morgan fingerprint density at radius 2 is 1.58 bits per heavy atom. The molecule has 2 rings (SSSR count). The van der Waals surface area contributed by atoms with E-state index in [0.717, 1.165) is 24.8 Å². The van der Waals surface area contributed by atoms with Crippen LogP contribution in [-0.4, -0.2) is 6.61 Å². The van der Waals surface area contributed by atoms with Crippen molar-refractivity contribution in [2.24, 2.45) is 0 Å². The second-order valence-electron chi connectivity index (χ2n) is 6.28. The van der Waals surface area contributed by atoms with Gasteiger partial charge in [0.2, 0.25) is 5.82 Å². The molecule has 0 radical (unpaired) electrons. The lowest BCUT2D eigenvalue weighted by molar-refractivity contribution is 0.313. The Bertz CT molecular complexity index is 732. The number of unbranched alkanes of at least 4 members (excludes halogenated alkanes) is 1. The van der Waals surface area contributed by atoms with Crippen LogP contribution in [0, 0.1) is 11.6 Å². The standard InChI is InChI=1S/C22H25F3O/c1-3-26-20-15-14-19(21(24)22(20)25)13-12-18-10-8-17(9-11-18)7-5-4-6-16(2)23/h6,8-11,14-15H,3-5,7,12-13H2,1-2H3. The lowest BCUT2D eigenvalue weighted by Gasteiger charge is -2.09. The summed E-state index contributed by atoms with van der Waals surface area (Å²) in [6, 6.07) is 11.2. The summed E-state index contributed by atoms with van der Waals surface area (Å²) in [5.41, 5.74) is 2.61. The van der Waals surface area contributed by atoms with E-state index in [0.29, 0.717) is 25.0 Å². The molecule has 0 unspecified atom stereocenters. The van der Waals surface area contributed by atoms with Gasteiger partial charge in [0.1, 0.15) is 0 Å². The molecule has 0 amide bonds. The quantitative estimate of drug-likeness (QED) is 0.473. The molecule has 0 aliphatic carbocycles. The van der Waals surface area contributed by atoms with E-state index in [1.54, 1.807) is 19.1 Å². The summed E-state index contributed by atoms with van der Waals surface area (Å²) in [6.45, 7) is 3.48. The zero-order valence-electron chi connectivity index (χ0n) is 15.3. The summed E-state index contributed by atoms with van der Waals surface area (Å²) in [5.74, 6) is -1.93. The van der Waals surface area contributed by atoms with Crippen molar-refractivity contribution < 1.29 is 17.9 Å². The van der Waals surface area contributed by atoms with Crippen LogP contribution in [0.15, 0.2) is 48.3 Å². The number of hydrogen-bond acceptors (Lipinski definition) is 1. The highest BCUT2D eigenvalue weighted by molar-refractivity contribution is 5.32. The first-order chi connectivity index (χ1) is 12.5. The van der Waals surface area contributed by atoms with Crippen LogP contribution in [0.2, 0.25) is 0 Å². The van der Waals surface area contributed by atoms with E-state index in [-0.39, 0.29) is 11.6 Å². The molecule has 140 valence electrons. The number of allylic oxidation sites excluding steroid dienone is 2. The van der Waals surface area contributed by atoms with Gasteiger partial charge in [0.05, 0.1) is 12.4 Å². The molecule has 0 aliphatic rings. The van der Waals surface area contributed by atoms with Gasteiger partial charge in [-0.05, 0) is 68.7 Å². The average Bonchev–Trinajstić information content (AvgIpc) is 2.63. The van der Waals surface area contributed by atoms with E-state index in [1.807, 2.05) is 24.3 Å². The number of aryl methyl sites for hydroxylation is 3. The second kappa shape index (κ2) is 10.0. The van der Waals surface area contributed by atoms with E-state index < -0.39 is 11.6 Å². The molecule has 0 aliphatic heterocycles. The van der Waals surface area contributed by atoms with E-state index in [1.165, 1.54) is 18.6 Å². The largest absolute Gasteiger partial charge is 0.491 e. The number of halogens is 3. The van der Waals surface area contributed by atoms with E-state index >= 15 is 0 Å². The fourth-order valence-electron chi connectivity index (χ4n) is 2.79. The maximum absolute atomic E-state index is 14.1. The van der Waals surface area contributed by atoms with Gasteiger partial charge in [-0.3, -0.25) is 0 Å². The number of hydrogen-bond donors (Lipinski definition) is 0. The van der Waals surface area contributed by atoms with Gasteiger partial charge in [-0.25, -0.2) is 8.78 Å². The van der Waals surface area contributed by atoms with Gasteiger partial charge >= 0.3 is 0 Å². The fraction of sp³-hybridized carbons (Fsp3) is 0.364. The lowest BCUT2D eigenvalue weighted by atomic mass is 10.0. The topological polar surface area (TPSA) is 9.23 Å². The van der Waals surface area contributed by atoms with Crippen LogP contribution < -0.4 is 4.74 Å². The van der Waals surface area contributed by atoms with E-state index in [9.17, 15) is 13.2 Å². The molecule has 4 heteroatoms. The summed E-state index contributed by atoms with van der Waals surface area (Å²) >= 11 is 0. The Balaban J connectivity index is 1.90. The zero-order valence-corrected chi connectivity index (χ0v) is 15.3. The molecule has 0 bridgehead atoms. The molecule has 0 heterocycles. The fourth-order valence-corrected chi connectivity index (χ4v) is 2.79. The number of ether oxygens (including phenoxy) is 1. The molecular weight excluding hydrogens is 337 g/mol. The van der Waals surface area contributed by atoms with Crippen LogP contribution in [0.4, 0.5) is 13.2 Å². The predicted molar refractivity (Wildman–Crippen MR) is 99.2 cm³/mol. The van der Waals surface area contributed by atoms with E-state index in [4.69, 9.17) is 4.74 Å². The Hall–Kier alpha value is -2.23. The van der Waals surface area contributed by atoms with Gasteiger partial charge in [-0.15, -0.1) is 0 Å². The Labute approximate surface area is 153 Å². The minimum absolute atomic E-state index is 0.0455. The maximum Gasteiger partial charge on any atom is 0.200 e. The van der Waals surface area contributed by atoms with Crippen molar-refractivity contribution in [3.63, 3.8) is 0 Å². The summed E-state index contributed by atoms with van der Waals surface area (Å²) < 4.78 is 45.7. The molecule has 0 fully saturated rings. The van der Waals surface area contributed by atoms with Gasteiger partial charge in [0.25, 0.3) is 0 Å². The molecule has 26 heavy (non-hydrogen) atoms. The third-order valence-electron chi connectivity index (χ3n) is 4.23. The van der Waals surface area contributed by atoms with Crippen molar-refractivity contribution in [3.05, 3.63) is 76.6 Å². The SMILES string of the molecule is CCOc1ccc(CCc2ccc(CCCC=C(C)F)cc2)c(F)c1F. The Kier molecular flexibility index (Phi) is 7.76. The van der Waals surface area contributed by atoms with Gasteiger partial charge in [-0.2, -0.15) is 4.39 Å². The molecule has 0 aromatic heterocycles. The Morgan fingerprint density at radius 1 is 0.923 bits per heavy atom. The lowest BCUT2D eigenvalue weighted by Crippen LogP contribution is -2.02. The summed E-state index contributed by atoms with van der Waals surface area (Å²) in [5, 5.41) is 0. The minimum atomic E-state index is -0.919. The van der Waals surface area contributed by atoms with Crippen molar-refractivity contribution in [1.82, 2.24) is 0 Å². The summed E-state index contributed by atoms with van der Waals surface area (Å²) in [6.07, 6.45) is 5.18. The number of benzene rings is 2. The molecule has 2 aromatic rings. The highest BCUT2D eigenvalue weighted by Crippen LogP contribution is 2.24. The number of rotatable bonds is 9. The van der Waals surface area contributed by atoms with Crippen LogP contribution in [0.3, 0.4) is 0 Å². The smallest absolute Gasteiger partial charge is 0.200 e. The monoisotopic (exact) mass is 362 g/mol. The van der Waals surface area contributed by atoms with Gasteiger partial charge in [-0.1, -0.05) is 36.4 Å². The van der Waals surface area contributed by atoms with Crippen molar-refractivity contribution in [3.8, 4) is 5.75 Å². The second-order valence-corrected chi connectivity index (χ2v) is 6.28. The van der Waals surface area contributed by atoms with Crippen molar-refractivity contribution in [2.45, 2.75) is 46.0 Å². The first kappa shape index (κ1) is 20.1. The molecule has 2 aromatic carbocycles. The molecule has 0 spiro atoms. The van der Waals surface area contributed by atoms with Crippen LogP contribution in [0.25, 0.3) is 0 Å². The molecule has 0 N–H and O–H groups in total. The molecule has 0 saturated heterocycles. The summed E-state index contributed by atoms with van der Waals surface area (Å²) in [4.78, 5) is 0. The molecular formula is C22H25F3O. The molecule has 1 nitrogen and oxygen atoms in total. The first-order valence-corrected chi connectivity index (χ1v) is 9.01. The highest BCUT2D eigenvalue weighted by Gasteiger charge is 2.14. The van der Waals surface area contributed by atoms with Gasteiger partial charge < -0.3 is 4.74 Å². The predicted octanol–water partition coefficient (Wildman–Crippen LogP) is 6.34. The van der Waals surface area contributed by atoms with Crippen molar-refractivity contribution in [2.75, 3.05) is 6.61 Å². The maximum atomic E-state index is 14.1. The first-order valence-electron chi connectivity index (χ1n) is 9.01. The van der Waals surface area contributed by atoms with Crippen LogP contribution in [-0.2, 0) is 19.3 Å². The van der Waals surface area contributed by atoms with Crippen molar-refractivity contribution >= 4 is 0 Å². The van der Waals surface area contributed by atoms with Crippen LogP contribution in [0.1, 0.15) is 43.4 Å². The van der Waals surface area contributed by atoms with Gasteiger partial charge in [0, 0.05) is 0 Å². The van der Waals surface area contributed by atoms with Crippen LogP contribution >= 0.6 is 0 Å². The summed E-state index contributed by atoms with van der Waals surface area (Å²) in [7, 11) is 0. The Morgan fingerprint density at radius 3 is 2.19 bits per heavy atom. The minimum Gasteiger partial charge on any atom is -0.491 e. The molecule has 0 atom stereocenters. The highest BCUT2D eigenvalue weighted by atomic mass is 19.2. The van der Waals surface area contributed by atoms with Crippen LogP contribution in [0.5, 0.6) is 5.75 Å². The zero-order chi connectivity index (χ0) is 18.9. The van der Waals surface area contributed by atoms with Gasteiger partial charge in [0.15, 0.2) is 11.6 Å². The third kappa shape index (κ3) is 5.94. The molecule has 0 saturated carbocycles. The normalized spacial score (nSPS) is 11.7. The average molecular weight is 362 g/mol. The van der Waals surface area contributed by atoms with E-state index in [2.05, 4.69) is 0 Å².